The lowest BCUT2D eigenvalue weighted by atomic mass is 10.2. The van der Waals surface area contributed by atoms with Gasteiger partial charge in [0.25, 0.3) is 0 Å². The normalized spacial score (nSPS) is 39.6. The van der Waals surface area contributed by atoms with Gasteiger partial charge in [-0.1, -0.05) is 19.0 Å². The summed E-state index contributed by atoms with van der Waals surface area (Å²) < 4.78 is 5.35. The van der Waals surface area contributed by atoms with Gasteiger partial charge in [0.2, 0.25) is 5.89 Å². The number of β-amino-alcohol motifs (C(OH)–C–C–N with tert-alkyl or cyclic N) is 1. The van der Waals surface area contributed by atoms with Gasteiger partial charge in [-0.3, -0.25) is 0 Å². The Bertz CT molecular complexity index is 442. The van der Waals surface area contributed by atoms with Crippen LogP contribution in [0.25, 0.3) is 0 Å². The van der Waals surface area contributed by atoms with E-state index in [1.165, 1.54) is 0 Å². The molecule has 0 amide bonds. The first-order valence-electron chi connectivity index (χ1n) is 6.65. The van der Waals surface area contributed by atoms with E-state index in [0.717, 1.165) is 11.6 Å². The molecular formula is C12H19N3O2S2. The van der Waals surface area contributed by atoms with Crippen molar-refractivity contribution in [1.82, 2.24) is 15.5 Å². The van der Waals surface area contributed by atoms with Crippen molar-refractivity contribution in [2.45, 2.75) is 48.2 Å². The summed E-state index contributed by atoms with van der Waals surface area (Å²) in [5.41, 5.74) is 0. The zero-order valence-electron chi connectivity index (χ0n) is 11.1. The van der Waals surface area contributed by atoms with Crippen LogP contribution < -0.4 is 5.32 Å². The van der Waals surface area contributed by atoms with E-state index in [1.54, 1.807) is 0 Å². The summed E-state index contributed by atoms with van der Waals surface area (Å²) in [6.45, 7) is 5.12. The number of aliphatic hydroxyl groups is 1. The van der Waals surface area contributed by atoms with Gasteiger partial charge >= 0.3 is 0 Å². The van der Waals surface area contributed by atoms with E-state index >= 15 is 0 Å². The van der Waals surface area contributed by atoms with Crippen LogP contribution in [0, 0.1) is 0 Å². The molecule has 5 atom stereocenters. The van der Waals surface area contributed by atoms with Gasteiger partial charge in [0, 0.05) is 22.8 Å². The number of nitrogens with zero attached hydrogens (tertiary/aromatic N) is 2. The maximum atomic E-state index is 9.52. The Hall–Kier alpha value is -0.240. The summed E-state index contributed by atoms with van der Waals surface area (Å²) in [6, 6.07) is 0.00819. The molecule has 3 rings (SSSR count). The molecule has 7 heteroatoms. The molecule has 0 radical (unpaired) electrons. The summed E-state index contributed by atoms with van der Waals surface area (Å²) in [5, 5.41) is 18.5. The molecule has 2 N–H and O–H groups in total. The first-order valence-corrected chi connectivity index (χ1v) is 8.64. The predicted octanol–water partition coefficient (Wildman–Crippen LogP) is 1.76. The van der Waals surface area contributed by atoms with E-state index in [2.05, 4.69) is 29.3 Å². The second kappa shape index (κ2) is 5.63. The van der Waals surface area contributed by atoms with Crippen LogP contribution in [0.2, 0.25) is 0 Å². The maximum absolute atomic E-state index is 9.52. The molecule has 0 aromatic carbocycles. The lowest BCUT2D eigenvalue weighted by Gasteiger charge is -2.29. The molecular weight excluding hydrogens is 282 g/mol. The second-order valence-corrected chi connectivity index (χ2v) is 8.20. The van der Waals surface area contributed by atoms with Gasteiger partial charge < -0.3 is 14.9 Å². The largest absolute Gasteiger partial charge is 0.392 e. The van der Waals surface area contributed by atoms with E-state index < -0.39 is 0 Å². The zero-order valence-corrected chi connectivity index (χ0v) is 12.7. The van der Waals surface area contributed by atoms with E-state index in [9.17, 15) is 5.11 Å². The highest BCUT2D eigenvalue weighted by Crippen LogP contribution is 2.43. The van der Waals surface area contributed by atoms with Crippen LogP contribution in [0.3, 0.4) is 0 Å². The number of rotatable bonds is 2. The Kier molecular flexibility index (Phi) is 4.07. The smallest absolute Gasteiger partial charge is 0.243 e. The van der Waals surface area contributed by atoms with Crippen molar-refractivity contribution in [2.75, 3.05) is 12.3 Å². The highest BCUT2D eigenvalue weighted by molar-refractivity contribution is 8.07. The van der Waals surface area contributed by atoms with Crippen molar-refractivity contribution in [3.63, 3.8) is 0 Å². The third kappa shape index (κ3) is 2.94. The topological polar surface area (TPSA) is 71.2 Å². The Morgan fingerprint density at radius 1 is 1.37 bits per heavy atom. The number of hydrogen-bond acceptors (Lipinski definition) is 7. The summed E-state index contributed by atoms with van der Waals surface area (Å²) in [6.07, 6.45) is 0.350. The van der Waals surface area contributed by atoms with Gasteiger partial charge in [-0.15, -0.1) is 11.8 Å². The molecule has 0 bridgehead atoms. The highest BCUT2D eigenvalue weighted by Gasteiger charge is 2.32. The lowest BCUT2D eigenvalue weighted by molar-refractivity contribution is 0.191. The Balaban J connectivity index is 1.68. The van der Waals surface area contributed by atoms with Gasteiger partial charge in [-0.25, -0.2) is 0 Å². The average molecular weight is 301 g/mol. The quantitative estimate of drug-likeness (QED) is 0.862. The van der Waals surface area contributed by atoms with Crippen molar-refractivity contribution < 1.29 is 9.63 Å². The van der Waals surface area contributed by atoms with Crippen LogP contribution in [0.1, 0.15) is 43.3 Å². The molecule has 1 aromatic heterocycles. The fourth-order valence-corrected chi connectivity index (χ4v) is 5.18. The minimum absolute atomic E-state index is 0.00819. The van der Waals surface area contributed by atoms with Gasteiger partial charge in [-0.05, 0) is 6.42 Å². The molecule has 2 aliphatic rings. The average Bonchev–Trinajstić information content (AvgIpc) is 3.01. The third-order valence-electron chi connectivity index (χ3n) is 3.70. The first-order chi connectivity index (χ1) is 9.13. The zero-order chi connectivity index (χ0) is 13.4. The van der Waals surface area contributed by atoms with Gasteiger partial charge in [0.05, 0.1) is 17.4 Å². The monoisotopic (exact) mass is 301 g/mol. The third-order valence-corrected chi connectivity index (χ3v) is 7.09. The molecule has 0 aliphatic carbocycles. The fourth-order valence-electron chi connectivity index (χ4n) is 2.34. The summed E-state index contributed by atoms with van der Waals surface area (Å²) >= 11 is 3.90. The molecule has 2 saturated heterocycles. The van der Waals surface area contributed by atoms with Crippen LogP contribution >= 0.6 is 23.5 Å². The standard InChI is InChI=1S/C12H19N3O2S2/c1-6-7(2)19-10(5-18-6)11-14-12(17-15-11)9-3-8(16)4-13-9/h6-10,13,16H,3-5H2,1-2H3. The van der Waals surface area contributed by atoms with E-state index in [1.807, 2.05) is 23.5 Å². The minimum Gasteiger partial charge on any atom is -0.392 e. The molecule has 2 fully saturated rings. The Morgan fingerprint density at radius 2 is 2.21 bits per heavy atom. The van der Waals surface area contributed by atoms with Crippen molar-refractivity contribution in [3.05, 3.63) is 11.7 Å². The van der Waals surface area contributed by atoms with E-state index in [0.29, 0.717) is 34.6 Å². The summed E-state index contributed by atoms with van der Waals surface area (Å²) in [7, 11) is 0. The van der Waals surface area contributed by atoms with Crippen LogP contribution in [-0.4, -0.2) is 44.1 Å². The number of nitrogens with one attached hydrogen (secondary N) is 1. The van der Waals surface area contributed by atoms with Crippen molar-refractivity contribution in [1.29, 1.82) is 0 Å². The molecule has 1 aromatic rings. The van der Waals surface area contributed by atoms with Crippen molar-refractivity contribution in [3.8, 4) is 0 Å². The Morgan fingerprint density at radius 3 is 2.89 bits per heavy atom. The molecule has 0 spiro atoms. The van der Waals surface area contributed by atoms with E-state index in [-0.39, 0.29) is 12.1 Å². The molecule has 19 heavy (non-hydrogen) atoms. The molecule has 5 unspecified atom stereocenters. The van der Waals surface area contributed by atoms with Crippen LogP contribution in [0.5, 0.6) is 0 Å². The molecule has 5 nitrogen and oxygen atoms in total. The molecule has 2 aliphatic heterocycles. The van der Waals surface area contributed by atoms with E-state index in [4.69, 9.17) is 4.52 Å². The van der Waals surface area contributed by atoms with Gasteiger partial charge in [0.1, 0.15) is 0 Å². The van der Waals surface area contributed by atoms with Crippen molar-refractivity contribution in [2.24, 2.45) is 0 Å². The number of aliphatic hydroxyl groups excluding tert-OH is 1. The summed E-state index contributed by atoms with van der Waals surface area (Å²) in [5.74, 6) is 2.45. The number of hydrogen-bond donors (Lipinski definition) is 2. The van der Waals surface area contributed by atoms with Crippen LogP contribution in [0.15, 0.2) is 4.52 Å². The van der Waals surface area contributed by atoms with Gasteiger partial charge in [0.15, 0.2) is 5.82 Å². The fraction of sp³-hybridized carbons (Fsp3) is 0.833. The second-order valence-electron chi connectivity index (χ2n) is 5.21. The highest BCUT2D eigenvalue weighted by atomic mass is 32.2. The molecule has 3 heterocycles. The molecule has 106 valence electrons. The lowest BCUT2D eigenvalue weighted by Crippen LogP contribution is -2.22. The first kappa shape index (κ1) is 13.7. The van der Waals surface area contributed by atoms with Crippen molar-refractivity contribution >= 4 is 23.5 Å². The number of thioether (sulfide) groups is 2. The SMILES string of the molecule is CC1SCC(c2noc(C3CC(O)CN3)n2)SC1C. The maximum Gasteiger partial charge on any atom is 0.243 e. The summed E-state index contributed by atoms with van der Waals surface area (Å²) in [4.78, 5) is 4.52. The Labute approximate surface area is 121 Å². The van der Waals surface area contributed by atoms with Crippen LogP contribution in [0.4, 0.5) is 0 Å². The molecule has 0 saturated carbocycles. The van der Waals surface area contributed by atoms with Gasteiger partial charge in [-0.2, -0.15) is 16.7 Å². The van der Waals surface area contributed by atoms with Crippen LogP contribution in [-0.2, 0) is 0 Å². The number of aromatic nitrogens is 2. The predicted molar refractivity (Wildman–Crippen MR) is 77.4 cm³/mol. The minimum atomic E-state index is -0.305.